The molecule has 42 heavy (non-hydrogen) atoms. The van der Waals surface area contributed by atoms with E-state index >= 15 is 0 Å². The quantitative estimate of drug-likeness (QED) is 0.0837. The lowest BCUT2D eigenvalue weighted by molar-refractivity contribution is 0.111. The summed E-state index contributed by atoms with van der Waals surface area (Å²) in [7, 11) is 0. The van der Waals surface area contributed by atoms with E-state index < -0.39 is 0 Å². The lowest BCUT2D eigenvalue weighted by atomic mass is 10.1. The van der Waals surface area contributed by atoms with E-state index in [1.807, 2.05) is 33.4 Å². The van der Waals surface area contributed by atoms with Gasteiger partial charge in [-0.3, -0.25) is 19.2 Å². The van der Waals surface area contributed by atoms with Crippen molar-refractivity contribution in [2.45, 2.75) is 104 Å². The highest BCUT2D eigenvalue weighted by Gasteiger charge is 2.19. The molecule has 0 amide bonds. The molecular formula is C34H42N2O4S2. The van der Waals surface area contributed by atoms with E-state index in [0.717, 1.165) is 71.9 Å². The smallest absolute Gasteiger partial charge is 0.259 e. The van der Waals surface area contributed by atoms with Gasteiger partial charge < -0.3 is 9.13 Å². The molecule has 0 saturated carbocycles. The molecule has 0 fully saturated rings. The minimum absolute atomic E-state index is 0.106. The second kappa shape index (κ2) is 15.9. The minimum atomic E-state index is -0.106. The van der Waals surface area contributed by atoms with Gasteiger partial charge in [0, 0.05) is 22.8 Å². The van der Waals surface area contributed by atoms with Gasteiger partial charge in [0.1, 0.15) is 0 Å². The van der Waals surface area contributed by atoms with E-state index in [9.17, 15) is 19.2 Å². The summed E-state index contributed by atoms with van der Waals surface area (Å²) in [4.78, 5) is 53.6. The van der Waals surface area contributed by atoms with Crippen LogP contribution in [0.3, 0.4) is 0 Å². The van der Waals surface area contributed by atoms with E-state index in [1.54, 1.807) is 12.1 Å². The van der Waals surface area contributed by atoms with E-state index in [2.05, 4.69) is 13.8 Å². The second-order valence-electron chi connectivity index (χ2n) is 11.0. The summed E-state index contributed by atoms with van der Waals surface area (Å²) in [5, 5.41) is 0. The first-order valence-corrected chi connectivity index (χ1v) is 17.1. The molecule has 0 bridgehead atoms. The topological polar surface area (TPSA) is 78.1 Å². The van der Waals surface area contributed by atoms with Crippen LogP contribution in [-0.2, 0) is 13.1 Å². The molecular weight excluding hydrogens is 565 g/mol. The van der Waals surface area contributed by atoms with Crippen LogP contribution < -0.4 is 11.1 Å². The van der Waals surface area contributed by atoms with E-state index in [-0.39, 0.29) is 11.1 Å². The molecule has 0 aliphatic heterocycles. The van der Waals surface area contributed by atoms with E-state index in [4.69, 9.17) is 0 Å². The molecule has 4 aromatic rings. The van der Waals surface area contributed by atoms with Crippen LogP contribution in [0.2, 0.25) is 0 Å². The average molecular weight is 607 g/mol. The lowest BCUT2D eigenvalue weighted by Crippen LogP contribution is -2.28. The zero-order valence-electron chi connectivity index (χ0n) is 24.9. The Morgan fingerprint density at radius 1 is 0.571 bits per heavy atom. The Morgan fingerprint density at radius 3 is 1.31 bits per heavy atom. The number of aromatic nitrogens is 2. The first kappa shape index (κ1) is 31.8. The predicted molar refractivity (Wildman–Crippen MR) is 177 cm³/mol. The van der Waals surface area contributed by atoms with Crippen molar-refractivity contribution in [2.75, 3.05) is 0 Å². The maximum atomic E-state index is 14.1. The van der Waals surface area contributed by atoms with Crippen molar-refractivity contribution in [1.82, 2.24) is 9.13 Å². The van der Waals surface area contributed by atoms with Crippen molar-refractivity contribution in [1.29, 1.82) is 0 Å². The SMILES string of the molecule is CCCCCCCCn1c(=O)c(-c2ccc(C=O)s2)cc2c1cc(-c1ccc(C=O)s1)c(=O)n2CCCCCCCC. The van der Waals surface area contributed by atoms with Gasteiger partial charge in [0.2, 0.25) is 0 Å². The van der Waals surface area contributed by atoms with Crippen LogP contribution in [0.25, 0.3) is 31.9 Å². The Hall–Kier alpha value is -3.10. The zero-order valence-corrected chi connectivity index (χ0v) is 26.5. The molecule has 0 N–H and O–H groups in total. The van der Waals surface area contributed by atoms with Gasteiger partial charge >= 0.3 is 0 Å². The van der Waals surface area contributed by atoms with Crippen molar-refractivity contribution in [2.24, 2.45) is 0 Å². The third-order valence-electron chi connectivity index (χ3n) is 7.84. The molecule has 0 spiro atoms. The van der Waals surface area contributed by atoms with E-state index in [1.165, 1.54) is 61.2 Å². The highest BCUT2D eigenvalue weighted by molar-refractivity contribution is 7.17. The van der Waals surface area contributed by atoms with Gasteiger partial charge in [0.25, 0.3) is 11.1 Å². The van der Waals surface area contributed by atoms with Crippen LogP contribution in [0.5, 0.6) is 0 Å². The number of hydrogen-bond acceptors (Lipinski definition) is 6. The molecule has 4 rings (SSSR count). The Kier molecular flexibility index (Phi) is 12.1. The summed E-state index contributed by atoms with van der Waals surface area (Å²) in [6.45, 7) is 5.51. The fourth-order valence-corrected chi connectivity index (χ4v) is 7.17. The number of carbonyl (C=O) groups excluding carboxylic acids is 2. The van der Waals surface area contributed by atoms with Crippen LogP contribution in [0, 0.1) is 0 Å². The molecule has 0 aliphatic rings. The average Bonchev–Trinajstić information content (AvgIpc) is 3.68. The standard InChI is InChI=1S/C34H42N2O4S2/c1-3-5-7-9-11-13-19-35-29-21-28(32-18-16-26(24-38)42-32)34(40)36(20-14-12-10-8-6-4-2)30(29)22-27(33(35)39)31-17-15-25(23-37)41-31/h15-18,21-24H,3-14,19-20H2,1-2H3. The van der Waals surface area contributed by atoms with Gasteiger partial charge in [0.05, 0.1) is 31.9 Å². The minimum Gasteiger partial charge on any atom is -0.306 e. The molecule has 8 heteroatoms. The highest BCUT2D eigenvalue weighted by Crippen LogP contribution is 2.31. The van der Waals surface area contributed by atoms with Gasteiger partial charge in [-0.25, -0.2) is 0 Å². The predicted octanol–water partition coefficient (Wildman–Crippen LogP) is 8.97. The molecule has 0 saturated heterocycles. The van der Waals surface area contributed by atoms with Crippen LogP contribution in [-0.4, -0.2) is 21.7 Å². The molecule has 0 aliphatic carbocycles. The summed E-state index contributed by atoms with van der Waals surface area (Å²) >= 11 is 2.60. The number of pyridine rings is 2. The Labute approximate surface area is 256 Å². The maximum absolute atomic E-state index is 14.1. The number of unbranched alkanes of at least 4 members (excludes halogenated alkanes) is 10. The van der Waals surface area contributed by atoms with Crippen LogP contribution >= 0.6 is 22.7 Å². The van der Waals surface area contributed by atoms with Crippen molar-refractivity contribution >= 4 is 46.3 Å². The van der Waals surface area contributed by atoms with Crippen molar-refractivity contribution < 1.29 is 9.59 Å². The highest BCUT2D eigenvalue weighted by atomic mass is 32.1. The van der Waals surface area contributed by atoms with Gasteiger partial charge in [0.15, 0.2) is 12.6 Å². The van der Waals surface area contributed by atoms with Crippen LogP contribution in [0.15, 0.2) is 46.0 Å². The first-order chi connectivity index (χ1) is 20.5. The fourth-order valence-electron chi connectivity index (χ4n) is 5.51. The molecule has 4 aromatic heterocycles. The number of thiophene rings is 2. The fraction of sp³-hybridized carbons (Fsp3) is 0.471. The first-order valence-electron chi connectivity index (χ1n) is 15.4. The van der Waals surface area contributed by atoms with Gasteiger partial charge in [-0.2, -0.15) is 0 Å². The maximum Gasteiger partial charge on any atom is 0.259 e. The Bertz CT molecular complexity index is 1490. The molecule has 0 atom stereocenters. The molecule has 4 heterocycles. The summed E-state index contributed by atoms with van der Waals surface area (Å²) in [5.41, 5.74) is 2.32. The number of hydrogen-bond donors (Lipinski definition) is 0. The molecule has 0 unspecified atom stereocenters. The second-order valence-corrected chi connectivity index (χ2v) is 13.2. The van der Waals surface area contributed by atoms with Crippen molar-refractivity contribution in [3.8, 4) is 20.9 Å². The van der Waals surface area contributed by atoms with Gasteiger partial charge in [-0.1, -0.05) is 78.1 Å². The summed E-state index contributed by atoms with van der Waals surface area (Å²) < 4.78 is 3.67. The van der Waals surface area contributed by atoms with Crippen molar-refractivity contribution in [3.05, 3.63) is 66.9 Å². The number of fused-ring (bicyclic) bond motifs is 1. The summed E-state index contributed by atoms with van der Waals surface area (Å²) in [6.07, 6.45) is 14.8. The normalized spacial score (nSPS) is 11.4. The summed E-state index contributed by atoms with van der Waals surface area (Å²) in [5.74, 6) is 0. The van der Waals surface area contributed by atoms with Crippen LogP contribution in [0.4, 0.5) is 0 Å². The largest absolute Gasteiger partial charge is 0.306 e. The molecule has 0 aromatic carbocycles. The third-order valence-corrected chi connectivity index (χ3v) is 9.93. The number of carbonyl (C=O) groups is 2. The lowest BCUT2D eigenvalue weighted by Gasteiger charge is -2.18. The van der Waals surface area contributed by atoms with Crippen molar-refractivity contribution in [3.63, 3.8) is 0 Å². The summed E-state index contributed by atoms with van der Waals surface area (Å²) in [6, 6.07) is 10.8. The number of nitrogens with zero attached hydrogens (tertiary/aromatic N) is 2. The molecule has 0 radical (unpaired) electrons. The van der Waals surface area contributed by atoms with Gasteiger partial charge in [-0.05, 0) is 49.2 Å². The Morgan fingerprint density at radius 2 is 0.952 bits per heavy atom. The van der Waals surface area contributed by atoms with Gasteiger partial charge in [-0.15, -0.1) is 22.7 Å². The van der Waals surface area contributed by atoms with E-state index in [0.29, 0.717) is 34.0 Å². The number of aryl methyl sites for hydroxylation is 2. The molecule has 224 valence electrons. The Balaban J connectivity index is 1.85. The number of rotatable bonds is 18. The monoisotopic (exact) mass is 606 g/mol. The molecule has 6 nitrogen and oxygen atoms in total. The van der Waals surface area contributed by atoms with Crippen LogP contribution in [0.1, 0.15) is 110 Å². The third kappa shape index (κ3) is 7.64. The zero-order chi connectivity index (χ0) is 29.9. The number of aldehydes is 2.